The molecule has 0 bridgehead atoms. The summed E-state index contributed by atoms with van der Waals surface area (Å²) in [4.78, 5) is 22.7. The molecule has 6 heteroatoms. The van der Waals surface area contributed by atoms with Crippen molar-refractivity contribution in [3.8, 4) is 5.75 Å². The molecule has 0 aromatic heterocycles. The lowest BCUT2D eigenvalue weighted by molar-refractivity contribution is -0.139. The van der Waals surface area contributed by atoms with E-state index in [1.54, 1.807) is 31.4 Å². The molecular weight excluding hydrogens is 274 g/mol. The molecule has 0 heterocycles. The highest BCUT2D eigenvalue weighted by molar-refractivity contribution is 5.80. The van der Waals surface area contributed by atoms with Crippen LogP contribution in [0.4, 0.5) is 4.79 Å². The lowest BCUT2D eigenvalue weighted by Gasteiger charge is -2.14. The van der Waals surface area contributed by atoms with E-state index in [2.05, 4.69) is 5.32 Å². The Kier molecular flexibility index (Phi) is 7.08. The maximum Gasteiger partial charge on any atom is 0.407 e. The summed E-state index contributed by atoms with van der Waals surface area (Å²) < 4.78 is 9.94. The van der Waals surface area contributed by atoms with Gasteiger partial charge in [-0.3, -0.25) is 0 Å². The van der Waals surface area contributed by atoms with E-state index < -0.39 is 18.1 Å². The molecule has 0 aliphatic heterocycles. The van der Waals surface area contributed by atoms with Crippen LogP contribution in [0, 0.1) is 0 Å². The van der Waals surface area contributed by atoms with E-state index >= 15 is 0 Å². The van der Waals surface area contributed by atoms with Crippen molar-refractivity contribution in [2.45, 2.75) is 32.2 Å². The van der Waals surface area contributed by atoms with Gasteiger partial charge in [-0.2, -0.15) is 0 Å². The van der Waals surface area contributed by atoms with Crippen molar-refractivity contribution in [2.75, 3.05) is 13.7 Å². The predicted octanol–water partition coefficient (Wildman–Crippen LogP) is 2.22. The van der Waals surface area contributed by atoms with Gasteiger partial charge in [0.05, 0.1) is 13.7 Å². The number of unbranched alkanes of at least 4 members (excludes halogenated alkanes) is 1. The van der Waals surface area contributed by atoms with Crippen molar-refractivity contribution in [1.82, 2.24) is 5.32 Å². The molecule has 0 saturated heterocycles. The smallest absolute Gasteiger partial charge is 0.407 e. The van der Waals surface area contributed by atoms with Gasteiger partial charge in [-0.1, -0.05) is 25.5 Å². The zero-order valence-electron chi connectivity index (χ0n) is 12.3. The molecule has 1 atom stereocenters. The highest BCUT2D eigenvalue weighted by Gasteiger charge is 2.21. The summed E-state index contributed by atoms with van der Waals surface area (Å²) in [6.45, 7) is 2.27. The normalized spacial score (nSPS) is 11.5. The fourth-order valence-corrected chi connectivity index (χ4v) is 1.69. The Morgan fingerprint density at radius 1 is 1.29 bits per heavy atom. The minimum atomic E-state index is -1.10. The zero-order valence-corrected chi connectivity index (χ0v) is 12.3. The number of hydrogen-bond acceptors (Lipinski definition) is 4. The van der Waals surface area contributed by atoms with Crippen LogP contribution in [0.15, 0.2) is 24.3 Å². The molecule has 6 nitrogen and oxygen atoms in total. The van der Waals surface area contributed by atoms with Crippen molar-refractivity contribution in [3.63, 3.8) is 0 Å². The van der Waals surface area contributed by atoms with Crippen LogP contribution in [0.25, 0.3) is 0 Å². The standard InChI is InChI=1S/C15H21NO5/c1-3-4-9-21-15(19)16-13(14(17)18)10-11-5-7-12(20-2)8-6-11/h5-8,13H,3-4,9-10H2,1-2H3,(H,16,19)(H,17,18)/t13-/m0/s1. The molecule has 0 fully saturated rings. The number of hydrogen-bond donors (Lipinski definition) is 2. The van der Waals surface area contributed by atoms with Crippen LogP contribution in [0.1, 0.15) is 25.3 Å². The summed E-state index contributed by atoms with van der Waals surface area (Å²) in [5.41, 5.74) is 0.789. The number of aliphatic carboxylic acids is 1. The summed E-state index contributed by atoms with van der Waals surface area (Å²) >= 11 is 0. The highest BCUT2D eigenvalue weighted by Crippen LogP contribution is 2.12. The molecule has 1 aromatic rings. The Bertz CT molecular complexity index is 458. The molecule has 2 N–H and O–H groups in total. The summed E-state index contributed by atoms with van der Waals surface area (Å²) in [7, 11) is 1.56. The zero-order chi connectivity index (χ0) is 15.7. The Labute approximate surface area is 124 Å². The minimum Gasteiger partial charge on any atom is -0.497 e. The highest BCUT2D eigenvalue weighted by atomic mass is 16.5. The SMILES string of the molecule is CCCCOC(=O)N[C@@H](Cc1ccc(OC)cc1)C(=O)O. The van der Waals surface area contributed by atoms with E-state index in [0.29, 0.717) is 5.75 Å². The summed E-state index contributed by atoms with van der Waals surface area (Å²) in [5, 5.41) is 11.5. The molecule has 0 spiro atoms. The average molecular weight is 295 g/mol. The molecule has 116 valence electrons. The Morgan fingerprint density at radius 2 is 1.95 bits per heavy atom. The number of methoxy groups -OCH3 is 1. The van der Waals surface area contributed by atoms with E-state index in [0.717, 1.165) is 18.4 Å². The second kappa shape index (κ2) is 8.84. The molecule has 1 aromatic carbocycles. The third-order valence-electron chi connectivity index (χ3n) is 2.92. The van der Waals surface area contributed by atoms with Gasteiger partial charge in [0, 0.05) is 6.42 Å². The Balaban J connectivity index is 2.56. The fourth-order valence-electron chi connectivity index (χ4n) is 1.69. The van der Waals surface area contributed by atoms with Crippen molar-refractivity contribution >= 4 is 12.1 Å². The number of benzene rings is 1. The average Bonchev–Trinajstić information content (AvgIpc) is 2.47. The number of ether oxygens (including phenoxy) is 2. The van der Waals surface area contributed by atoms with Crippen LogP contribution in [0.3, 0.4) is 0 Å². The summed E-state index contributed by atoms with van der Waals surface area (Å²) in [5.74, 6) is -0.407. The van der Waals surface area contributed by atoms with Crippen LogP contribution in [-0.2, 0) is 16.0 Å². The monoisotopic (exact) mass is 295 g/mol. The number of amides is 1. The first-order valence-corrected chi connectivity index (χ1v) is 6.85. The lowest BCUT2D eigenvalue weighted by Crippen LogP contribution is -2.42. The topological polar surface area (TPSA) is 84.9 Å². The van der Waals surface area contributed by atoms with Gasteiger partial charge in [0.25, 0.3) is 0 Å². The largest absolute Gasteiger partial charge is 0.497 e. The Morgan fingerprint density at radius 3 is 2.48 bits per heavy atom. The van der Waals surface area contributed by atoms with Crippen LogP contribution in [0.5, 0.6) is 5.75 Å². The molecule has 21 heavy (non-hydrogen) atoms. The number of carbonyl (C=O) groups excluding carboxylic acids is 1. The van der Waals surface area contributed by atoms with Crippen LogP contribution in [0.2, 0.25) is 0 Å². The van der Waals surface area contributed by atoms with Gasteiger partial charge >= 0.3 is 12.1 Å². The fraction of sp³-hybridized carbons (Fsp3) is 0.467. The molecule has 0 radical (unpaired) electrons. The van der Waals surface area contributed by atoms with Gasteiger partial charge in [0.15, 0.2) is 0 Å². The number of carboxylic acids is 1. The van der Waals surface area contributed by atoms with Gasteiger partial charge in [-0.05, 0) is 24.1 Å². The first-order chi connectivity index (χ1) is 10.1. The van der Waals surface area contributed by atoms with E-state index in [-0.39, 0.29) is 13.0 Å². The lowest BCUT2D eigenvalue weighted by atomic mass is 10.1. The van der Waals surface area contributed by atoms with Gasteiger partial charge in [0.1, 0.15) is 11.8 Å². The number of nitrogens with one attached hydrogen (secondary N) is 1. The first-order valence-electron chi connectivity index (χ1n) is 6.85. The van der Waals surface area contributed by atoms with E-state index in [1.165, 1.54) is 0 Å². The van der Waals surface area contributed by atoms with Gasteiger partial charge < -0.3 is 19.9 Å². The second-order valence-corrected chi connectivity index (χ2v) is 4.58. The number of rotatable bonds is 8. The molecule has 1 amide bonds. The predicted molar refractivity (Wildman–Crippen MR) is 77.5 cm³/mol. The molecule has 0 unspecified atom stereocenters. The first kappa shape index (κ1) is 16.8. The summed E-state index contributed by atoms with van der Waals surface area (Å²) in [6, 6.07) is 5.99. The van der Waals surface area contributed by atoms with Crippen molar-refractivity contribution in [2.24, 2.45) is 0 Å². The number of carboxylic acid groups (broad SMARTS) is 1. The van der Waals surface area contributed by atoms with Crippen molar-refractivity contribution < 1.29 is 24.2 Å². The maximum atomic E-state index is 11.5. The van der Waals surface area contributed by atoms with Gasteiger partial charge in [-0.15, -0.1) is 0 Å². The number of carbonyl (C=O) groups is 2. The molecular formula is C15H21NO5. The molecule has 0 saturated carbocycles. The van der Waals surface area contributed by atoms with E-state index in [9.17, 15) is 9.59 Å². The van der Waals surface area contributed by atoms with E-state index in [4.69, 9.17) is 14.6 Å². The second-order valence-electron chi connectivity index (χ2n) is 4.58. The third-order valence-corrected chi connectivity index (χ3v) is 2.92. The number of alkyl carbamates (subject to hydrolysis) is 1. The van der Waals surface area contributed by atoms with E-state index in [1.807, 2.05) is 6.92 Å². The van der Waals surface area contributed by atoms with Crippen LogP contribution >= 0.6 is 0 Å². The van der Waals surface area contributed by atoms with Crippen LogP contribution in [-0.4, -0.2) is 36.9 Å². The van der Waals surface area contributed by atoms with Crippen LogP contribution < -0.4 is 10.1 Å². The summed E-state index contributed by atoms with van der Waals surface area (Å²) in [6.07, 6.45) is 1.14. The van der Waals surface area contributed by atoms with Crippen molar-refractivity contribution in [1.29, 1.82) is 0 Å². The van der Waals surface area contributed by atoms with Crippen molar-refractivity contribution in [3.05, 3.63) is 29.8 Å². The van der Waals surface area contributed by atoms with Gasteiger partial charge in [-0.25, -0.2) is 9.59 Å². The minimum absolute atomic E-state index is 0.183. The Hall–Kier alpha value is -2.24. The molecule has 0 aliphatic carbocycles. The quantitative estimate of drug-likeness (QED) is 0.718. The third kappa shape index (κ3) is 6.16. The molecule has 1 rings (SSSR count). The molecule has 0 aliphatic rings. The maximum absolute atomic E-state index is 11.5. The van der Waals surface area contributed by atoms with Gasteiger partial charge in [0.2, 0.25) is 0 Å².